The number of carbonyl (C=O) groups is 2. The first kappa shape index (κ1) is 14.0. The van der Waals surface area contributed by atoms with Gasteiger partial charge in [0.2, 0.25) is 0 Å². The molecule has 0 heterocycles. The first-order chi connectivity index (χ1) is 8.45. The van der Waals surface area contributed by atoms with Crippen LogP contribution in [-0.4, -0.2) is 24.9 Å². The molecule has 18 heavy (non-hydrogen) atoms. The molecule has 0 bridgehead atoms. The van der Waals surface area contributed by atoms with Crippen LogP contribution in [0.15, 0.2) is 23.4 Å². The summed E-state index contributed by atoms with van der Waals surface area (Å²) < 4.78 is 4.54. The molecule has 0 atom stereocenters. The molecule has 0 saturated carbocycles. The van der Waals surface area contributed by atoms with Gasteiger partial charge in [-0.05, 0) is 25.1 Å². The van der Waals surface area contributed by atoms with Crippen molar-refractivity contribution in [2.24, 2.45) is 10.9 Å². The number of nitrogens with two attached hydrogens (primary N) is 1. The summed E-state index contributed by atoms with van der Waals surface area (Å²) in [6, 6.07) is 4.10. The molecule has 0 saturated heterocycles. The van der Waals surface area contributed by atoms with Gasteiger partial charge in [-0.2, -0.15) is 0 Å². The fraction of sp³-hybridized carbons (Fsp3) is 0.182. The van der Waals surface area contributed by atoms with Crippen LogP contribution in [0.1, 0.15) is 27.6 Å². The molecule has 1 aromatic rings. The zero-order valence-corrected chi connectivity index (χ0v) is 10.5. The predicted octanol–water partition coefficient (Wildman–Crippen LogP) is 1.58. The topological polar surface area (TPSA) is 91.0 Å². The van der Waals surface area contributed by atoms with Crippen LogP contribution >= 0.6 is 11.6 Å². The highest BCUT2D eigenvalue weighted by Crippen LogP contribution is 2.18. The minimum atomic E-state index is -0.822. The Morgan fingerprint density at radius 2 is 1.94 bits per heavy atom. The van der Waals surface area contributed by atoms with Crippen LogP contribution in [0.25, 0.3) is 0 Å². The zero-order chi connectivity index (χ0) is 13.7. The molecule has 0 aliphatic heterocycles. The average molecular weight is 271 g/mol. The number of halogens is 1. The second kappa shape index (κ2) is 6.02. The molecular weight excluding hydrogens is 260 g/mol. The van der Waals surface area contributed by atoms with Crippen molar-refractivity contribution in [3.8, 4) is 0 Å². The molecule has 7 heteroatoms. The Bertz CT molecular complexity index is 510. The molecule has 1 rings (SSSR count). The summed E-state index contributed by atoms with van der Waals surface area (Å²) in [6.07, 6.45) is 0. The van der Waals surface area contributed by atoms with Gasteiger partial charge in [0.1, 0.15) is 5.84 Å². The van der Waals surface area contributed by atoms with Crippen molar-refractivity contribution in [1.82, 2.24) is 0 Å². The van der Waals surface area contributed by atoms with Crippen molar-refractivity contribution >= 4 is 29.4 Å². The molecule has 0 radical (unpaired) electrons. The smallest absolute Gasteiger partial charge is 0.366 e. The third-order valence-corrected chi connectivity index (χ3v) is 2.11. The van der Waals surface area contributed by atoms with Gasteiger partial charge in [0, 0.05) is 5.02 Å². The lowest BCUT2D eigenvalue weighted by molar-refractivity contribution is 0.0495. The number of carbonyl (C=O) groups excluding carboxylic acids is 2. The fourth-order valence-corrected chi connectivity index (χ4v) is 1.31. The quantitative estimate of drug-likeness (QED) is 0.296. The second-order valence-electron chi connectivity index (χ2n) is 3.29. The van der Waals surface area contributed by atoms with E-state index >= 15 is 0 Å². The molecule has 0 unspecified atom stereocenters. The summed E-state index contributed by atoms with van der Waals surface area (Å²) in [4.78, 5) is 27.7. The van der Waals surface area contributed by atoms with E-state index in [2.05, 4.69) is 14.7 Å². The largest absolute Gasteiger partial charge is 0.465 e. The number of nitrogens with zero attached hydrogens (tertiary/aromatic N) is 1. The van der Waals surface area contributed by atoms with Crippen LogP contribution in [0, 0.1) is 0 Å². The number of esters is 1. The highest BCUT2D eigenvalue weighted by atomic mass is 35.5. The van der Waals surface area contributed by atoms with E-state index < -0.39 is 11.9 Å². The van der Waals surface area contributed by atoms with Crippen LogP contribution in [-0.2, 0) is 9.57 Å². The molecule has 0 aliphatic rings. The third kappa shape index (κ3) is 3.46. The van der Waals surface area contributed by atoms with E-state index in [-0.39, 0.29) is 17.0 Å². The Labute approximate surface area is 108 Å². The maximum Gasteiger partial charge on any atom is 0.366 e. The predicted molar refractivity (Wildman–Crippen MR) is 65.5 cm³/mol. The van der Waals surface area contributed by atoms with Gasteiger partial charge in [-0.25, -0.2) is 9.59 Å². The molecule has 1 aromatic carbocycles. The van der Waals surface area contributed by atoms with Gasteiger partial charge in [0.05, 0.1) is 18.2 Å². The number of benzene rings is 1. The van der Waals surface area contributed by atoms with E-state index in [0.29, 0.717) is 5.02 Å². The first-order valence-electron chi connectivity index (χ1n) is 4.85. The molecule has 0 fully saturated rings. The Hall–Kier alpha value is -2.08. The average Bonchev–Trinajstić information content (AvgIpc) is 2.34. The summed E-state index contributed by atoms with van der Waals surface area (Å²) >= 11 is 5.74. The number of oxime groups is 1. The maximum atomic E-state index is 11.7. The minimum absolute atomic E-state index is 0.000116. The number of hydrogen-bond donors (Lipinski definition) is 1. The van der Waals surface area contributed by atoms with Crippen molar-refractivity contribution < 1.29 is 19.2 Å². The van der Waals surface area contributed by atoms with Crippen LogP contribution in [0.3, 0.4) is 0 Å². The third-order valence-electron chi connectivity index (χ3n) is 1.88. The monoisotopic (exact) mass is 270 g/mol. The van der Waals surface area contributed by atoms with Gasteiger partial charge in [0.15, 0.2) is 0 Å². The number of amidine groups is 1. The molecule has 0 aliphatic carbocycles. The van der Waals surface area contributed by atoms with Gasteiger partial charge in [-0.1, -0.05) is 16.8 Å². The highest BCUT2D eigenvalue weighted by molar-refractivity contribution is 6.31. The highest BCUT2D eigenvalue weighted by Gasteiger charge is 2.19. The van der Waals surface area contributed by atoms with Crippen molar-refractivity contribution in [2.75, 3.05) is 7.11 Å². The van der Waals surface area contributed by atoms with Crippen molar-refractivity contribution in [1.29, 1.82) is 0 Å². The summed E-state index contributed by atoms with van der Waals surface area (Å²) in [7, 11) is 1.19. The van der Waals surface area contributed by atoms with Gasteiger partial charge >= 0.3 is 11.9 Å². The summed E-state index contributed by atoms with van der Waals surface area (Å²) in [5.41, 5.74) is 5.22. The first-order valence-corrected chi connectivity index (χ1v) is 5.22. The second-order valence-corrected chi connectivity index (χ2v) is 3.73. The molecule has 0 aromatic heterocycles. The fourth-order valence-electron chi connectivity index (χ4n) is 1.14. The lowest BCUT2D eigenvalue weighted by Gasteiger charge is -2.05. The Morgan fingerprint density at radius 1 is 1.28 bits per heavy atom. The van der Waals surface area contributed by atoms with Gasteiger partial charge in [-0.15, -0.1) is 0 Å². The van der Waals surface area contributed by atoms with Gasteiger partial charge in [-0.3, -0.25) is 0 Å². The van der Waals surface area contributed by atoms with Crippen LogP contribution in [0.5, 0.6) is 0 Å². The molecular formula is C11H11ClN2O4. The van der Waals surface area contributed by atoms with Crippen LogP contribution < -0.4 is 5.73 Å². The normalized spacial score (nSPS) is 10.9. The van der Waals surface area contributed by atoms with Crippen LogP contribution in [0.4, 0.5) is 0 Å². The Kier molecular flexibility index (Phi) is 4.67. The SMILES string of the molecule is COC(=O)c1cc(Cl)ccc1C(=O)O/N=C(/C)N. The molecule has 0 spiro atoms. The zero-order valence-electron chi connectivity index (χ0n) is 9.77. The van der Waals surface area contributed by atoms with Crippen molar-refractivity contribution in [3.05, 3.63) is 34.3 Å². The Morgan fingerprint density at radius 3 is 2.50 bits per heavy atom. The van der Waals surface area contributed by atoms with Gasteiger partial charge in [0.25, 0.3) is 0 Å². The molecule has 6 nitrogen and oxygen atoms in total. The maximum absolute atomic E-state index is 11.7. The van der Waals surface area contributed by atoms with E-state index in [9.17, 15) is 9.59 Å². The van der Waals surface area contributed by atoms with Crippen molar-refractivity contribution in [2.45, 2.75) is 6.92 Å². The van der Waals surface area contributed by atoms with Gasteiger partial charge < -0.3 is 15.3 Å². The number of ether oxygens (including phenoxy) is 1. The van der Waals surface area contributed by atoms with E-state index in [1.165, 1.54) is 32.2 Å². The Balaban J connectivity index is 3.11. The lowest BCUT2D eigenvalue weighted by atomic mass is 10.1. The lowest BCUT2D eigenvalue weighted by Crippen LogP contribution is -2.13. The van der Waals surface area contributed by atoms with E-state index in [0.717, 1.165) is 0 Å². The summed E-state index contributed by atoms with van der Waals surface area (Å²) in [5.74, 6) is -1.44. The van der Waals surface area contributed by atoms with E-state index in [1.54, 1.807) is 0 Å². The number of methoxy groups -OCH3 is 1. The molecule has 2 N–H and O–H groups in total. The summed E-state index contributed by atoms with van der Waals surface area (Å²) in [5, 5.41) is 3.61. The van der Waals surface area contributed by atoms with Crippen LogP contribution in [0.2, 0.25) is 5.02 Å². The van der Waals surface area contributed by atoms with E-state index in [4.69, 9.17) is 17.3 Å². The number of rotatable bonds is 3. The standard InChI is InChI=1S/C11H11ClN2O4/c1-6(13)14-18-11(16)8-4-3-7(12)5-9(8)10(15)17-2/h3-5H,1-2H3,(H2,13,14). The summed E-state index contributed by atoms with van der Waals surface area (Å²) in [6.45, 7) is 1.45. The minimum Gasteiger partial charge on any atom is -0.465 e. The van der Waals surface area contributed by atoms with E-state index in [1.807, 2.05) is 0 Å². The molecule has 0 amide bonds. The van der Waals surface area contributed by atoms with Crippen molar-refractivity contribution in [3.63, 3.8) is 0 Å². The number of hydrogen-bond acceptors (Lipinski definition) is 5. The molecule has 96 valence electrons.